The lowest BCUT2D eigenvalue weighted by atomic mass is 9.87. The van der Waals surface area contributed by atoms with Crippen LogP contribution in [0.15, 0.2) is 18.2 Å². The van der Waals surface area contributed by atoms with Gasteiger partial charge in [-0.1, -0.05) is 18.2 Å². The van der Waals surface area contributed by atoms with Gasteiger partial charge in [0, 0.05) is 6.61 Å². The molecule has 2 atom stereocenters. The maximum absolute atomic E-state index is 9.15. The molecule has 0 bridgehead atoms. The number of aryl methyl sites for hydroxylation is 1. The van der Waals surface area contributed by atoms with E-state index in [0.29, 0.717) is 0 Å². The second-order valence-electron chi connectivity index (χ2n) is 4.46. The molecule has 1 fully saturated rings. The lowest BCUT2D eigenvalue weighted by Gasteiger charge is -2.29. The number of benzene rings is 1. The molecule has 1 aliphatic rings. The minimum Gasteiger partial charge on any atom is -0.372 e. The van der Waals surface area contributed by atoms with Gasteiger partial charge < -0.3 is 4.74 Å². The largest absolute Gasteiger partial charge is 0.372 e. The number of hydrogen-bond acceptors (Lipinski definition) is 2. The highest BCUT2D eigenvalue weighted by Gasteiger charge is 2.28. The number of nitrogens with zero attached hydrogens (tertiary/aromatic N) is 1. The van der Waals surface area contributed by atoms with Crippen LogP contribution in [-0.2, 0) is 4.74 Å². The minimum atomic E-state index is -0.0290. The maximum atomic E-state index is 9.15. The molecule has 1 aromatic rings. The van der Waals surface area contributed by atoms with E-state index in [1.54, 1.807) is 0 Å². The zero-order chi connectivity index (χ0) is 11.5. The molecular formula is C14H17NO. The van der Waals surface area contributed by atoms with Gasteiger partial charge in [0.1, 0.15) is 0 Å². The van der Waals surface area contributed by atoms with E-state index in [2.05, 4.69) is 32.0 Å². The summed E-state index contributed by atoms with van der Waals surface area (Å²) in [5.74, 6) is 0.00856. The molecule has 1 aromatic carbocycles. The van der Waals surface area contributed by atoms with Crippen molar-refractivity contribution in [2.45, 2.75) is 32.8 Å². The molecule has 0 amide bonds. The molecule has 0 saturated carbocycles. The second-order valence-corrected chi connectivity index (χ2v) is 4.46. The Balaban J connectivity index is 2.35. The molecule has 0 spiro atoms. The second kappa shape index (κ2) is 4.67. The molecule has 2 rings (SSSR count). The highest BCUT2D eigenvalue weighted by atomic mass is 16.5. The number of nitriles is 1. The topological polar surface area (TPSA) is 33.0 Å². The third-order valence-corrected chi connectivity index (χ3v) is 3.44. The first kappa shape index (κ1) is 11.2. The Kier molecular flexibility index (Phi) is 3.26. The van der Waals surface area contributed by atoms with Crippen molar-refractivity contribution in [3.05, 3.63) is 34.9 Å². The Morgan fingerprint density at radius 3 is 2.94 bits per heavy atom. The smallest absolute Gasteiger partial charge is 0.0985 e. The van der Waals surface area contributed by atoms with E-state index in [0.717, 1.165) is 19.4 Å². The van der Waals surface area contributed by atoms with Gasteiger partial charge in [0.25, 0.3) is 0 Å². The Morgan fingerprint density at radius 1 is 1.38 bits per heavy atom. The van der Waals surface area contributed by atoms with E-state index in [9.17, 15) is 0 Å². The molecule has 2 unspecified atom stereocenters. The first-order valence-electron chi connectivity index (χ1n) is 5.81. The zero-order valence-corrected chi connectivity index (χ0v) is 9.86. The fourth-order valence-electron chi connectivity index (χ4n) is 2.30. The van der Waals surface area contributed by atoms with Crippen molar-refractivity contribution < 1.29 is 4.74 Å². The first-order chi connectivity index (χ1) is 7.74. The van der Waals surface area contributed by atoms with E-state index in [4.69, 9.17) is 10.00 Å². The van der Waals surface area contributed by atoms with Crippen LogP contribution in [0, 0.1) is 31.1 Å². The van der Waals surface area contributed by atoms with E-state index in [1.807, 2.05) is 6.07 Å². The molecule has 0 aromatic heterocycles. The molecule has 0 radical (unpaired) electrons. The SMILES string of the molecule is Cc1cccc(C2OCCCC2C#N)c1C. The third-order valence-electron chi connectivity index (χ3n) is 3.44. The van der Waals surface area contributed by atoms with Crippen LogP contribution in [0.4, 0.5) is 0 Å². The van der Waals surface area contributed by atoms with Crippen LogP contribution >= 0.6 is 0 Å². The molecule has 2 heteroatoms. The summed E-state index contributed by atoms with van der Waals surface area (Å²) in [4.78, 5) is 0. The lowest BCUT2D eigenvalue weighted by Crippen LogP contribution is -2.22. The fourth-order valence-corrected chi connectivity index (χ4v) is 2.30. The van der Waals surface area contributed by atoms with Crippen LogP contribution < -0.4 is 0 Å². The zero-order valence-electron chi connectivity index (χ0n) is 9.86. The van der Waals surface area contributed by atoms with Crippen molar-refractivity contribution in [1.82, 2.24) is 0 Å². The van der Waals surface area contributed by atoms with Crippen LogP contribution in [0.3, 0.4) is 0 Å². The van der Waals surface area contributed by atoms with Gasteiger partial charge in [-0.15, -0.1) is 0 Å². The van der Waals surface area contributed by atoms with E-state index >= 15 is 0 Å². The molecule has 84 valence electrons. The number of rotatable bonds is 1. The molecule has 1 saturated heterocycles. The summed E-state index contributed by atoms with van der Waals surface area (Å²) in [6, 6.07) is 8.61. The summed E-state index contributed by atoms with van der Waals surface area (Å²) in [5.41, 5.74) is 3.71. The predicted octanol–water partition coefficient (Wildman–Crippen LogP) is 3.29. The molecule has 0 aliphatic carbocycles. The molecule has 1 aliphatic heterocycles. The van der Waals surface area contributed by atoms with Crippen molar-refractivity contribution in [1.29, 1.82) is 5.26 Å². The van der Waals surface area contributed by atoms with E-state index < -0.39 is 0 Å². The van der Waals surface area contributed by atoms with Crippen molar-refractivity contribution >= 4 is 0 Å². The molecule has 2 nitrogen and oxygen atoms in total. The molecule has 1 heterocycles. The van der Waals surface area contributed by atoms with Crippen LogP contribution in [0.1, 0.15) is 35.6 Å². The minimum absolute atomic E-state index is 0.00856. The van der Waals surface area contributed by atoms with Gasteiger partial charge in [-0.2, -0.15) is 5.26 Å². The monoisotopic (exact) mass is 215 g/mol. The summed E-state index contributed by atoms with van der Waals surface area (Å²) in [6.45, 7) is 4.98. The number of hydrogen-bond donors (Lipinski definition) is 0. The van der Waals surface area contributed by atoms with Crippen LogP contribution in [0.25, 0.3) is 0 Å². The maximum Gasteiger partial charge on any atom is 0.0985 e. The van der Waals surface area contributed by atoms with Crippen molar-refractivity contribution in [2.75, 3.05) is 6.61 Å². The van der Waals surface area contributed by atoms with E-state index in [-0.39, 0.29) is 12.0 Å². The molecule has 16 heavy (non-hydrogen) atoms. The Bertz CT molecular complexity index is 419. The van der Waals surface area contributed by atoms with Crippen molar-refractivity contribution in [2.24, 2.45) is 5.92 Å². The van der Waals surface area contributed by atoms with Crippen molar-refractivity contribution in [3.63, 3.8) is 0 Å². The summed E-state index contributed by atoms with van der Waals surface area (Å²) < 4.78 is 5.78. The Hall–Kier alpha value is -1.33. The fraction of sp³-hybridized carbons (Fsp3) is 0.500. The van der Waals surface area contributed by atoms with Gasteiger partial charge in [0.05, 0.1) is 18.1 Å². The number of ether oxygens (including phenoxy) is 1. The summed E-state index contributed by atoms with van der Waals surface area (Å²) in [7, 11) is 0. The van der Waals surface area contributed by atoms with Crippen LogP contribution in [-0.4, -0.2) is 6.61 Å². The van der Waals surface area contributed by atoms with Gasteiger partial charge in [-0.3, -0.25) is 0 Å². The van der Waals surface area contributed by atoms with E-state index in [1.165, 1.54) is 16.7 Å². The first-order valence-corrected chi connectivity index (χ1v) is 5.81. The van der Waals surface area contributed by atoms with Crippen LogP contribution in [0.2, 0.25) is 0 Å². The van der Waals surface area contributed by atoms with Gasteiger partial charge >= 0.3 is 0 Å². The van der Waals surface area contributed by atoms with Gasteiger partial charge in [0.15, 0.2) is 0 Å². The quantitative estimate of drug-likeness (QED) is 0.720. The van der Waals surface area contributed by atoms with Gasteiger partial charge in [-0.25, -0.2) is 0 Å². The lowest BCUT2D eigenvalue weighted by molar-refractivity contribution is -0.0105. The standard InChI is InChI=1S/C14H17NO/c1-10-5-3-7-13(11(10)2)14-12(9-15)6-4-8-16-14/h3,5,7,12,14H,4,6,8H2,1-2H3. The normalized spacial score (nSPS) is 25.1. The summed E-state index contributed by atoms with van der Waals surface area (Å²) in [6.07, 6.45) is 1.92. The Morgan fingerprint density at radius 2 is 2.19 bits per heavy atom. The average molecular weight is 215 g/mol. The summed E-state index contributed by atoms with van der Waals surface area (Å²) >= 11 is 0. The van der Waals surface area contributed by atoms with Crippen LogP contribution in [0.5, 0.6) is 0 Å². The average Bonchev–Trinajstić information content (AvgIpc) is 2.33. The summed E-state index contributed by atoms with van der Waals surface area (Å²) in [5, 5.41) is 9.15. The highest BCUT2D eigenvalue weighted by Crippen LogP contribution is 2.35. The predicted molar refractivity (Wildman–Crippen MR) is 62.9 cm³/mol. The van der Waals surface area contributed by atoms with Gasteiger partial charge in [-0.05, 0) is 43.4 Å². The molecule has 0 N–H and O–H groups in total. The highest BCUT2D eigenvalue weighted by molar-refractivity contribution is 5.35. The molecular weight excluding hydrogens is 198 g/mol. The third kappa shape index (κ3) is 1.96. The van der Waals surface area contributed by atoms with Crippen molar-refractivity contribution in [3.8, 4) is 6.07 Å². The Labute approximate surface area is 96.9 Å². The van der Waals surface area contributed by atoms with Gasteiger partial charge in [0.2, 0.25) is 0 Å².